The van der Waals surface area contributed by atoms with Crippen molar-refractivity contribution in [2.75, 3.05) is 6.61 Å². The monoisotopic (exact) mass is 517 g/mol. The summed E-state index contributed by atoms with van der Waals surface area (Å²) in [7, 11) is 0. The highest BCUT2D eigenvalue weighted by Crippen LogP contribution is 2.27. The van der Waals surface area contributed by atoms with Crippen LogP contribution in [0.2, 0.25) is 5.02 Å². The highest BCUT2D eigenvalue weighted by atomic mass is 79.9. The Morgan fingerprint density at radius 3 is 2.65 bits per heavy atom. The van der Waals surface area contributed by atoms with E-state index in [1.165, 1.54) is 6.08 Å². The predicted octanol–water partition coefficient (Wildman–Crippen LogP) is 4.37. The van der Waals surface area contributed by atoms with E-state index in [0.717, 1.165) is 16.3 Å². The Morgan fingerprint density at radius 2 is 1.84 bits per heavy atom. The molecule has 3 aromatic rings. The van der Waals surface area contributed by atoms with Crippen LogP contribution in [0.25, 0.3) is 16.8 Å². The molecule has 9 heteroatoms. The van der Waals surface area contributed by atoms with E-state index < -0.39 is 11.8 Å². The zero-order valence-corrected chi connectivity index (χ0v) is 19.2. The third-order valence-electron chi connectivity index (χ3n) is 4.04. The molecule has 3 rings (SSSR count). The van der Waals surface area contributed by atoms with Gasteiger partial charge in [-0.15, -0.1) is 0 Å². The van der Waals surface area contributed by atoms with Crippen LogP contribution < -0.4 is 20.9 Å². The Hall–Kier alpha value is -2.94. The van der Waals surface area contributed by atoms with E-state index in [0.29, 0.717) is 15.2 Å². The van der Waals surface area contributed by atoms with Crippen molar-refractivity contribution in [3.8, 4) is 5.75 Å². The molecule has 3 N–H and O–H groups in total. The zero-order chi connectivity index (χ0) is 22.2. The minimum absolute atomic E-state index is 0.0476. The predicted molar refractivity (Wildman–Crippen MR) is 130 cm³/mol. The first-order valence-electron chi connectivity index (χ1n) is 9.06. The van der Waals surface area contributed by atoms with Crippen molar-refractivity contribution in [1.29, 1.82) is 0 Å². The van der Waals surface area contributed by atoms with Crippen LogP contribution in [0, 0.1) is 0 Å². The molecule has 0 saturated carbocycles. The Morgan fingerprint density at radius 1 is 1.06 bits per heavy atom. The van der Waals surface area contributed by atoms with E-state index in [-0.39, 0.29) is 11.7 Å². The first-order valence-corrected chi connectivity index (χ1v) is 10.6. The number of hydrogen-bond donors (Lipinski definition) is 3. The van der Waals surface area contributed by atoms with Gasteiger partial charge in [0.05, 0.1) is 4.47 Å². The fourth-order valence-corrected chi connectivity index (χ4v) is 3.59. The first kappa shape index (κ1) is 22.7. The van der Waals surface area contributed by atoms with Gasteiger partial charge in [-0.2, -0.15) is 0 Å². The summed E-state index contributed by atoms with van der Waals surface area (Å²) >= 11 is 14.2. The molecule has 0 saturated heterocycles. The lowest BCUT2D eigenvalue weighted by Gasteiger charge is -2.11. The Labute approximate surface area is 197 Å². The Kier molecular flexibility index (Phi) is 8.00. The molecule has 6 nitrogen and oxygen atoms in total. The summed E-state index contributed by atoms with van der Waals surface area (Å²) in [5, 5.41) is 5.07. The van der Waals surface area contributed by atoms with Crippen LogP contribution in [-0.2, 0) is 9.59 Å². The van der Waals surface area contributed by atoms with Crippen LogP contribution in [0.5, 0.6) is 5.75 Å². The number of fused-ring (bicyclic) bond motifs is 1. The van der Waals surface area contributed by atoms with Crippen molar-refractivity contribution >= 4 is 73.5 Å². The molecule has 158 valence electrons. The number of nitrogens with one attached hydrogen (secondary N) is 3. The van der Waals surface area contributed by atoms with E-state index in [1.54, 1.807) is 24.3 Å². The Bertz CT molecular complexity index is 1160. The van der Waals surface area contributed by atoms with Crippen LogP contribution in [0.15, 0.2) is 71.2 Å². The summed E-state index contributed by atoms with van der Waals surface area (Å²) in [5.41, 5.74) is 5.71. The lowest BCUT2D eigenvalue weighted by Crippen LogP contribution is -2.49. The second kappa shape index (κ2) is 10.9. The third-order valence-corrected chi connectivity index (χ3v) is 5.10. The highest BCUT2D eigenvalue weighted by Gasteiger charge is 2.07. The van der Waals surface area contributed by atoms with Gasteiger partial charge < -0.3 is 4.74 Å². The molecular weight excluding hydrogens is 502 g/mol. The summed E-state index contributed by atoms with van der Waals surface area (Å²) < 4.78 is 6.02. The molecule has 0 radical (unpaired) electrons. The minimum Gasteiger partial charge on any atom is -0.483 e. The lowest BCUT2D eigenvalue weighted by molar-refractivity contribution is -0.123. The number of ether oxygens (including phenoxy) is 1. The van der Waals surface area contributed by atoms with E-state index in [2.05, 4.69) is 32.1 Å². The topological polar surface area (TPSA) is 79.5 Å². The van der Waals surface area contributed by atoms with Gasteiger partial charge in [-0.1, -0.05) is 54.1 Å². The van der Waals surface area contributed by atoms with Crippen molar-refractivity contribution in [2.24, 2.45) is 0 Å². The van der Waals surface area contributed by atoms with Crippen molar-refractivity contribution in [3.63, 3.8) is 0 Å². The van der Waals surface area contributed by atoms with Gasteiger partial charge in [0.25, 0.3) is 5.91 Å². The average molecular weight is 519 g/mol. The molecule has 31 heavy (non-hydrogen) atoms. The number of amides is 2. The van der Waals surface area contributed by atoms with Gasteiger partial charge in [-0.3, -0.25) is 25.8 Å². The van der Waals surface area contributed by atoms with Crippen molar-refractivity contribution in [1.82, 2.24) is 16.2 Å². The number of hydrazine groups is 1. The van der Waals surface area contributed by atoms with Crippen LogP contribution >= 0.6 is 39.7 Å². The van der Waals surface area contributed by atoms with Crippen molar-refractivity contribution in [2.45, 2.75) is 0 Å². The largest absolute Gasteiger partial charge is 0.483 e. The number of rotatable bonds is 5. The molecule has 2 amide bonds. The van der Waals surface area contributed by atoms with Crippen molar-refractivity contribution in [3.05, 3.63) is 81.8 Å². The average Bonchev–Trinajstić information content (AvgIpc) is 2.75. The Balaban J connectivity index is 1.45. The maximum Gasteiger partial charge on any atom is 0.276 e. The summed E-state index contributed by atoms with van der Waals surface area (Å²) in [6.07, 6.45) is 3.08. The second-order valence-corrected chi connectivity index (χ2v) is 7.96. The maximum absolute atomic E-state index is 12.1. The molecule has 3 aromatic carbocycles. The molecule has 0 heterocycles. The fourth-order valence-electron chi connectivity index (χ4n) is 2.64. The number of thiocarbonyl (C=S) groups is 1. The van der Waals surface area contributed by atoms with Gasteiger partial charge >= 0.3 is 0 Å². The molecule has 0 aromatic heterocycles. The van der Waals surface area contributed by atoms with Crippen LogP contribution in [-0.4, -0.2) is 23.5 Å². The van der Waals surface area contributed by atoms with E-state index >= 15 is 0 Å². The number of hydrogen-bond acceptors (Lipinski definition) is 4. The lowest BCUT2D eigenvalue weighted by atomic mass is 10.0. The minimum atomic E-state index is -0.482. The fraction of sp³-hybridized carbons (Fsp3) is 0.0455. The number of carbonyl (C=O) groups excluding carboxylic acids is 2. The number of carbonyl (C=O) groups is 2. The van der Waals surface area contributed by atoms with E-state index in [9.17, 15) is 9.59 Å². The second-order valence-electron chi connectivity index (χ2n) is 6.26. The van der Waals surface area contributed by atoms with Crippen LogP contribution in [0.3, 0.4) is 0 Å². The first-order chi connectivity index (χ1) is 14.9. The number of benzene rings is 3. The smallest absolute Gasteiger partial charge is 0.276 e. The molecule has 0 atom stereocenters. The van der Waals surface area contributed by atoms with Gasteiger partial charge in [0.15, 0.2) is 11.7 Å². The van der Waals surface area contributed by atoms with E-state index in [4.69, 9.17) is 28.6 Å². The van der Waals surface area contributed by atoms with Gasteiger partial charge in [-0.05, 0) is 68.8 Å². The number of halogens is 2. The van der Waals surface area contributed by atoms with Crippen LogP contribution in [0.1, 0.15) is 5.56 Å². The summed E-state index contributed by atoms with van der Waals surface area (Å²) in [6, 6.07) is 18.7. The zero-order valence-electron chi connectivity index (χ0n) is 16.0. The van der Waals surface area contributed by atoms with Gasteiger partial charge in [0.2, 0.25) is 5.91 Å². The van der Waals surface area contributed by atoms with Gasteiger partial charge in [0.1, 0.15) is 5.75 Å². The van der Waals surface area contributed by atoms with E-state index in [1.807, 2.05) is 42.5 Å². The summed E-state index contributed by atoms with van der Waals surface area (Å²) in [4.78, 5) is 24.0. The maximum atomic E-state index is 12.1. The van der Waals surface area contributed by atoms with Gasteiger partial charge in [-0.25, -0.2) is 0 Å². The summed E-state index contributed by atoms with van der Waals surface area (Å²) in [5.74, 6) is -0.445. The molecule has 0 aliphatic heterocycles. The summed E-state index contributed by atoms with van der Waals surface area (Å²) in [6.45, 7) is -0.259. The third kappa shape index (κ3) is 6.78. The molecule has 0 unspecified atom stereocenters. The van der Waals surface area contributed by atoms with Gasteiger partial charge in [0, 0.05) is 11.1 Å². The molecular formula is C22H17BrClN3O3S. The SMILES string of the molecule is O=C(C=Cc1cccc2ccccc12)NC(=S)NNC(=O)COc1ccc(Cl)cc1Br. The standard InChI is InChI=1S/C22H17BrClN3O3S/c23-18-12-16(24)9-10-19(18)30-13-21(29)26-27-22(31)25-20(28)11-8-15-6-3-5-14-4-1-2-7-17(14)15/h1-12H,13H2,(H,26,29)(H2,25,27,28,31). The normalized spacial score (nSPS) is 10.6. The highest BCUT2D eigenvalue weighted by molar-refractivity contribution is 9.10. The molecule has 0 aliphatic carbocycles. The molecule has 0 bridgehead atoms. The molecule has 0 spiro atoms. The molecule has 0 fully saturated rings. The quantitative estimate of drug-likeness (QED) is 0.266. The molecule has 0 aliphatic rings. The van der Waals surface area contributed by atoms with Crippen molar-refractivity contribution < 1.29 is 14.3 Å². The van der Waals surface area contributed by atoms with Crippen LogP contribution in [0.4, 0.5) is 0 Å².